The van der Waals surface area contributed by atoms with Crippen LogP contribution in [0.5, 0.6) is 0 Å². The highest BCUT2D eigenvalue weighted by atomic mass is 16.5. The fourth-order valence-corrected chi connectivity index (χ4v) is 4.22. The molecule has 1 fully saturated rings. The van der Waals surface area contributed by atoms with Gasteiger partial charge in [-0.15, -0.1) is 0 Å². The van der Waals surface area contributed by atoms with Crippen LogP contribution < -0.4 is 5.32 Å². The van der Waals surface area contributed by atoms with Crippen LogP contribution in [0.15, 0.2) is 18.2 Å². The van der Waals surface area contributed by atoms with Crippen LogP contribution in [0.4, 0.5) is 0 Å². The number of likely N-dealkylation sites (tertiary alicyclic amines) is 1. The summed E-state index contributed by atoms with van der Waals surface area (Å²) in [5.41, 5.74) is 1.24. The standard InChI is InChI=1S/C28H44N2O5/c1-9-22(25(31)30-24(26(32)33)12-13-28(30,7)8)29-23(27(34)35-16-17(2)3)15-20(6)21-11-10-18(4)19(5)14-21/h10-11,14,17,20,22-24,29H,9,12-13,15-16H2,1-8H3,(H,32,33)/t20?,22-,23-,24-/m0/s1/i15D2,20D,23D. The number of hydrogen-bond donors (Lipinski definition) is 2. The second kappa shape index (κ2) is 12.0. The Kier molecular flexibility index (Phi) is 7.90. The van der Waals surface area contributed by atoms with Gasteiger partial charge in [-0.25, -0.2) is 4.79 Å². The first-order valence-corrected chi connectivity index (χ1v) is 12.3. The Balaban J connectivity index is 2.61. The molecule has 1 saturated heterocycles. The second-order valence-electron chi connectivity index (χ2n) is 10.4. The number of amides is 1. The molecule has 0 radical (unpaired) electrons. The smallest absolute Gasteiger partial charge is 0.326 e. The van der Waals surface area contributed by atoms with Crippen molar-refractivity contribution in [2.45, 2.75) is 111 Å². The van der Waals surface area contributed by atoms with Crippen molar-refractivity contribution in [1.29, 1.82) is 0 Å². The third-order valence-electron chi connectivity index (χ3n) is 6.55. The molecule has 2 N–H and O–H groups in total. The minimum Gasteiger partial charge on any atom is -0.480 e. The Labute approximate surface area is 216 Å². The maximum absolute atomic E-state index is 13.8. The third-order valence-corrected chi connectivity index (χ3v) is 6.55. The molecule has 2 rings (SSSR count). The monoisotopic (exact) mass is 492 g/mol. The first-order valence-electron chi connectivity index (χ1n) is 14.3. The molecule has 35 heavy (non-hydrogen) atoms. The fourth-order valence-electron chi connectivity index (χ4n) is 4.22. The maximum atomic E-state index is 13.8. The van der Waals surface area contributed by atoms with Crippen molar-refractivity contribution in [2.75, 3.05) is 6.61 Å². The summed E-state index contributed by atoms with van der Waals surface area (Å²) in [5, 5.41) is 12.4. The normalized spacial score (nSPS) is 23.8. The summed E-state index contributed by atoms with van der Waals surface area (Å²) in [5.74, 6) is -5.26. The van der Waals surface area contributed by atoms with Crippen molar-refractivity contribution < 1.29 is 29.7 Å². The lowest BCUT2D eigenvalue weighted by Gasteiger charge is -2.37. The Bertz CT molecular complexity index is 1090. The summed E-state index contributed by atoms with van der Waals surface area (Å²) >= 11 is 0. The molecular weight excluding hydrogens is 444 g/mol. The van der Waals surface area contributed by atoms with E-state index in [2.05, 4.69) is 5.32 Å². The van der Waals surface area contributed by atoms with Crippen LogP contribution in [0.1, 0.15) is 95.2 Å². The van der Waals surface area contributed by atoms with Gasteiger partial charge in [0.25, 0.3) is 0 Å². The van der Waals surface area contributed by atoms with E-state index in [-0.39, 0.29) is 30.9 Å². The molecule has 7 nitrogen and oxygen atoms in total. The number of aliphatic carboxylic acids is 1. The Morgan fingerprint density at radius 2 is 1.91 bits per heavy atom. The van der Waals surface area contributed by atoms with E-state index in [1.807, 2.05) is 13.8 Å². The number of benzene rings is 1. The van der Waals surface area contributed by atoms with Crippen LogP contribution in [0.2, 0.25) is 0 Å². The van der Waals surface area contributed by atoms with Crippen LogP contribution in [0, 0.1) is 19.8 Å². The van der Waals surface area contributed by atoms with E-state index in [0.29, 0.717) is 6.42 Å². The van der Waals surface area contributed by atoms with E-state index in [0.717, 1.165) is 11.1 Å². The van der Waals surface area contributed by atoms with Gasteiger partial charge in [0.1, 0.15) is 12.1 Å². The van der Waals surface area contributed by atoms with E-state index in [1.54, 1.807) is 52.8 Å². The molecule has 1 aromatic rings. The molecule has 7 heteroatoms. The second-order valence-corrected chi connectivity index (χ2v) is 10.4. The Morgan fingerprint density at radius 1 is 1.26 bits per heavy atom. The number of carboxylic acids is 1. The number of aryl methyl sites for hydroxylation is 2. The highest BCUT2D eigenvalue weighted by molar-refractivity contribution is 5.89. The van der Waals surface area contributed by atoms with Gasteiger partial charge in [0.05, 0.1) is 14.0 Å². The van der Waals surface area contributed by atoms with E-state index in [9.17, 15) is 20.9 Å². The van der Waals surface area contributed by atoms with Gasteiger partial charge in [-0.2, -0.15) is 0 Å². The van der Waals surface area contributed by atoms with Crippen LogP contribution in [-0.4, -0.2) is 58.1 Å². The minimum atomic E-state index is -2.91. The fraction of sp³-hybridized carbons (Fsp3) is 0.679. The lowest BCUT2D eigenvalue weighted by molar-refractivity contribution is -0.154. The van der Waals surface area contributed by atoms with Crippen molar-refractivity contribution >= 4 is 17.8 Å². The number of nitrogens with one attached hydrogen (secondary N) is 1. The maximum Gasteiger partial charge on any atom is 0.326 e. The van der Waals surface area contributed by atoms with Gasteiger partial charge in [0, 0.05) is 9.65 Å². The molecule has 1 heterocycles. The van der Waals surface area contributed by atoms with Gasteiger partial charge in [-0.3, -0.25) is 14.9 Å². The third kappa shape index (κ3) is 7.29. The molecule has 0 saturated carbocycles. The number of rotatable bonds is 11. The topological polar surface area (TPSA) is 95.9 Å². The van der Waals surface area contributed by atoms with Crippen LogP contribution in [0.3, 0.4) is 0 Å². The van der Waals surface area contributed by atoms with Gasteiger partial charge < -0.3 is 14.7 Å². The van der Waals surface area contributed by atoms with Gasteiger partial charge in [-0.1, -0.05) is 45.9 Å². The van der Waals surface area contributed by atoms with Gasteiger partial charge >= 0.3 is 11.9 Å². The van der Waals surface area contributed by atoms with Gasteiger partial charge in [-0.05, 0) is 81.8 Å². The molecule has 196 valence electrons. The molecule has 1 amide bonds. The largest absolute Gasteiger partial charge is 0.480 e. The zero-order chi connectivity index (χ0) is 30.1. The van der Waals surface area contributed by atoms with Crippen molar-refractivity contribution in [3.05, 3.63) is 34.9 Å². The summed E-state index contributed by atoms with van der Waals surface area (Å²) in [6, 6.07) is -0.226. The molecule has 1 aliphatic rings. The molecule has 0 aliphatic carbocycles. The molecular formula is C28H44N2O5. The molecule has 0 bridgehead atoms. The van der Waals surface area contributed by atoms with Crippen molar-refractivity contribution in [3.8, 4) is 0 Å². The zero-order valence-electron chi connectivity index (χ0n) is 26.3. The molecule has 4 atom stereocenters. The Hall–Kier alpha value is -2.41. The molecule has 1 aliphatic heterocycles. The van der Waals surface area contributed by atoms with Crippen LogP contribution in [-0.2, 0) is 19.1 Å². The summed E-state index contributed by atoms with van der Waals surface area (Å²) < 4.78 is 41.8. The number of carbonyl (C=O) groups is 3. The summed E-state index contributed by atoms with van der Waals surface area (Å²) in [7, 11) is 0. The van der Waals surface area contributed by atoms with E-state index < -0.39 is 53.8 Å². The van der Waals surface area contributed by atoms with Crippen LogP contribution >= 0.6 is 0 Å². The van der Waals surface area contributed by atoms with Crippen molar-refractivity contribution in [3.63, 3.8) is 0 Å². The summed E-state index contributed by atoms with van der Waals surface area (Å²) in [6.45, 7) is 13.7. The number of ether oxygens (including phenoxy) is 1. The SMILES string of the molecule is [2H]C(C)(c1ccc(C)c(C)c1)C([2H])([2H])[C@]([2H])(N[C@@H](CC)C(=O)N1[C@H](C(=O)O)CCC1(C)C)C(=O)OCC(C)C. The quantitative estimate of drug-likeness (QED) is 0.439. The number of carbonyl (C=O) groups excluding carboxylic acids is 2. The molecule has 1 unspecified atom stereocenters. The lowest BCUT2D eigenvalue weighted by Crippen LogP contribution is -2.58. The average Bonchev–Trinajstić information content (AvgIpc) is 3.16. The number of carboxylic acid groups (broad SMARTS) is 1. The predicted molar refractivity (Wildman–Crippen MR) is 137 cm³/mol. The highest BCUT2D eigenvalue weighted by Gasteiger charge is 2.47. The van der Waals surface area contributed by atoms with Gasteiger partial charge in [0.2, 0.25) is 5.91 Å². The van der Waals surface area contributed by atoms with E-state index in [4.69, 9.17) is 8.85 Å². The van der Waals surface area contributed by atoms with Crippen LogP contribution in [0.25, 0.3) is 0 Å². The zero-order valence-corrected chi connectivity index (χ0v) is 22.3. The first-order chi connectivity index (χ1) is 17.7. The molecule has 0 aromatic heterocycles. The minimum absolute atomic E-state index is 0.0459. The molecule has 0 spiro atoms. The Morgan fingerprint density at radius 3 is 2.46 bits per heavy atom. The number of esters is 1. The van der Waals surface area contributed by atoms with E-state index in [1.165, 1.54) is 11.8 Å². The summed E-state index contributed by atoms with van der Waals surface area (Å²) in [6.07, 6.45) is -2.15. The van der Waals surface area contributed by atoms with E-state index >= 15 is 0 Å². The van der Waals surface area contributed by atoms with Crippen molar-refractivity contribution in [2.24, 2.45) is 5.92 Å². The summed E-state index contributed by atoms with van der Waals surface area (Å²) in [4.78, 5) is 40.5. The first kappa shape index (κ1) is 23.0. The van der Waals surface area contributed by atoms with Gasteiger partial charge in [0.15, 0.2) is 0 Å². The predicted octanol–water partition coefficient (Wildman–Crippen LogP) is 4.59. The lowest BCUT2D eigenvalue weighted by atomic mass is 9.91. The average molecular weight is 493 g/mol. The molecule has 1 aromatic carbocycles. The number of hydrogen-bond acceptors (Lipinski definition) is 5. The number of nitrogens with zero attached hydrogens (tertiary/aromatic N) is 1. The van der Waals surface area contributed by atoms with Crippen molar-refractivity contribution in [1.82, 2.24) is 10.2 Å². The highest BCUT2D eigenvalue weighted by Crippen LogP contribution is 2.34.